The van der Waals surface area contributed by atoms with E-state index in [0.717, 1.165) is 35.9 Å². The van der Waals surface area contributed by atoms with Gasteiger partial charge in [0.15, 0.2) is 17.5 Å². The lowest BCUT2D eigenvalue weighted by molar-refractivity contribution is -0.117. The van der Waals surface area contributed by atoms with E-state index >= 15 is 0 Å². The maximum absolute atomic E-state index is 13.9. The fourth-order valence-corrected chi connectivity index (χ4v) is 2.55. The Morgan fingerprint density at radius 2 is 1.73 bits per heavy atom. The van der Waals surface area contributed by atoms with Crippen LogP contribution in [0, 0.1) is 17.5 Å². The highest BCUT2D eigenvalue weighted by Gasteiger charge is 2.21. The summed E-state index contributed by atoms with van der Waals surface area (Å²) in [7, 11) is 0. The van der Waals surface area contributed by atoms with Crippen LogP contribution in [0.3, 0.4) is 0 Å². The van der Waals surface area contributed by atoms with Crippen molar-refractivity contribution in [3.05, 3.63) is 59.4 Å². The number of aryl methyl sites for hydroxylation is 1. The highest BCUT2D eigenvalue weighted by atomic mass is 19.2. The number of nitrogens with one attached hydrogen (secondary N) is 1. The van der Waals surface area contributed by atoms with Gasteiger partial charge in [-0.25, -0.2) is 13.2 Å². The van der Waals surface area contributed by atoms with E-state index in [0.29, 0.717) is 5.69 Å². The van der Waals surface area contributed by atoms with Gasteiger partial charge in [-0.05, 0) is 30.2 Å². The number of carbonyl (C=O) groups excluding carboxylic acids is 2. The van der Waals surface area contributed by atoms with Crippen LogP contribution in [-0.2, 0) is 16.0 Å². The summed E-state index contributed by atoms with van der Waals surface area (Å²) in [5.74, 6) is -5.42. The van der Waals surface area contributed by atoms with Crippen molar-refractivity contribution in [3.8, 4) is 0 Å². The molecule has 0 unspecified atom stereocenters. The highest BCUT2D eigenvalue weighted by molar-refractivity contribution is 5.95. The number of halogens is 3. The van der Waals surface area contributed by atoms with Gasteiger partial charge in [-0.2, -0.15) is 0 Å². The summed E-state index contributed by atoms with van der Waals surface area (Å²) in [5, 5.41) is 2.74. The summed E-state index contributed by atoms with van der Waals surface area (Å²) in [4.78, 5) is 24.8. The summed E-state index contributed by atoms with van der Waals surface area (Å²) in [6.07, 6.45) is 0.603. The zero-order valence-corrected chi connectivity index (χ0v) is 14.5. The van der Waals surface area contributed by atoms with Crippen molar-refractivity contribution in [1.82, 2.24) is 0 Å². The molecule has 0 saturated carbocycles. The first-order chi connectivity index (χ1) is 12.3. The van der Waals surface area contributed by atoms with Gasteiger partial charge in [0.2, 0.25) is 11.8 Å². The maximum Gasteiger partial charge on any atom is 0.226 e. The number of hydrogen-bond donors (Lipinski definition) is 1. The summed E-state index contributed by atoms with van der Waals surface area (Å²) in [6, 6.07) is 8.99. The quantitative estimate of drug-likeness (QED) is 0.787. The molecule has 0 aliphatic rings. The van der Waals surface area contributed by atoms with E-state index in [1.165, 1.54) is 0 Å². The molecule has 0 bridgehead atoms. The molecule has 4 nitrogen and oxygen atoms in total. The summed E-state index contributed by atoms with van der Waals surface area (Å²) >= 11 is 0. The van der Waals surface area contributed by atoms with Crippen LogP contribution in [0.5, 0.6) is 0 Å². The molecule has 0 fully saturated rings. The highest BCUT2D eigenvalue weighted by Crippen LogP contribution is 2.24. The Bertz CT molecular complexity index is 824. The Morgan fingerprint density at radius 1 is 1.04 bits per heavy atom. The average Bonchev–Trinajstić information content (AvgIpc) is 2.61. The summed E-state index contributed by atoms with van der Waals surface area (Å²) in [5.41, 5.74) is 1.21. The van der Waals surface area contributed by atoms with Crippen LogP contribution < -0.4 is 10.2 Å². The van der Waals surface area contributed by atoms with Crippen LogP contribution in [0.25, 0.3) is 0 Å². The standard InChI is InChI=1S/C19H19F3N2O2/c1-3-13-6-4-5-7-15(13)23-17(26)10-11-24(12(2)25)16-9-8-14(20)18(21)19(16)22/h4-9H,3,10-11H2,1-2H3,(H,23,26). The lowest BCUT2D eigenvalue weighted by Crippen LogP contribution is -2.33. The van der Waals surface area contributed by atoms with Crippen LogP contribution in [0.1, 0.15) is 25.8 Å². The van der Waals surface area contributed by atoms with Crippen LogP contribution in [0.2, 0.25) is 0 Å². The smallest absolute Gasteiger partial charge is 0.226 e. The fraction of sp³-hybridized carbons (Fsp3) is 0.263. The van der Waals surface area contributed by atoms with Crippen molar-refractivity contribution >= 4 is 23.2 Å². The van der Waals surface area contributed by atoms with Gasteiger partial charge < -0.3 is 10.2 Å². The zero-order chi connectivity index (χ0) is 19.3. The Balaban J connectivity index is 2.11. The third-order valence-electron chi connectivity index (χ3n) is 3.92. The molecule has 7 heteroatoms. The number of nitrogens with zero attached hydrogens (tertiary/aromatic N) is 1. The molecule has 2 aromatic rings. The molecule has 2 aromatic carbocycles. The van der Waals surface area contributed by atoms with E-state index in [9.17, 15) is 22.8 Å². The largest absolute Gasteiger partial charge is 0.326 e. The van der Waals surface area contributed by atoms with Crippen LogP contribution >= 0.6 is 0 Å². The zero-order valence-electron chi connectivity index (χ0n) is 14.5. The van der Waals surface area contributed by atoms with E-state index in [2.05, 4.69) is 5.32 Å². The minimum Gasteiger partial charge on any atom is -0.326 e. The monoisotopic (exact) mass is 364 g/mol. The molecule has 0 aliphatic carbocycles. The molecule has 2 rings (SSSR count). The van der Waals surface area contributed by atoms with Crippen molar-refractivity contribution in [2.45, 2.75) is 26.7 Å². The van der Waals surface area contributed by atoms with E-state index in [1.54, 1.807) is 12.1 Å². The topological polar surface area (TPSA) is 49.4 Å². The molecule has 0 heterocycles. The predicted octanol–water partition coefficient (Wildman–Crippen LogP) is 4.05. The number of carbonyl (C=O) groups is 2. The van der Waals surface area contributed by atoms with Crippen LogP contribution in [0.15, 0.2) is 36.4 Å². The molecule has 26 heavy (non-hydrogen) atoms. The molecular weight excluding hydrogens is 345 g/mol. The normalized spacial score (nSPS) is 10.5. The first-order valence-corrected chi connectivity index (χ1v) is 8.14. The first-order valence-electron chi connectivity index (χ1n) is 8.14. The van der Waals surface area contributed by atoms with Gasteiger partial charge in [-0.15, -0.1) is 0 Å². The van der Waals surface area contributed by atoms with Gasteiger partial charge in [0.1, 0.15) is 0 Å². The SMILES string of the molecule is CCc1ccccc1NC(=O)CCN(C(C)=O)c1ccc(F)c(F)c1F. The van der Waals surface area contributed by atoms with E-state index in [4.69, 9.17) is 0 Å². The third kappa shape index (κ3) is 4.41. The van der Waals surface area contributed by atoms with E-state index in [-0.39, 0.29) is 18.9 Å². The molecule has 0 aromatic heterocycles. The number of benzene rings is 2. The number of hydrogen-bond acceptors (Lipinski definition) is 2. The first kappa shape index (κ1) is 19.5. The molecule has 138 valence electrons. The molecule has 0 atom stereocenters. The molecule has 0 radical (unpaired) electrons. The lowest BCUT2D eigenvalue weighted by Gasteiger charge is -2.22. The number of anilines is 2. The van der Waals surface area contributed by atoms with Crippen molar-refractivity contribution in [1.29, 1.82) is 0 Å². The van der Waals surface area contributed by atoms with Crippen molar-refractivity contribution in [2.75, 3.05) is 16.8 Å². The molecular formula is C19H19F3N2O2. The Hall–Kier alpha value is -2.83. The number of para-hydroxylation sites is 1. The van der Waals surface area contributed by atoms with Crippen molar-refractivity contribution < 1.29 is 22.8 Å². The van der Waals surface area contributed by atoms with Crippen molar-refractivity contribution in [2.24, 2.45) is 0 Å². The van der Waals surface area contributed by atoms with Gasteiger partial charge in [-0.3, -0.25) is 9.59 Å². The van der Waals surface area contributed by atoms with Gasteiger partial charge in [-0.1, -0.05) is 25.1 Å². The molecule has 0 spiro atoms. The van der Waals surface area contributed by atoms with Gasteiger partial charge in [0, 0.05) is 25.6 Å². The molecule has 0 saturated heterocycles. The fourth-order valence-electron chi connectivity index (χ4n) is 2.55. The van der Waals surface area contributed by atoms with Crippen LogP contribution in [0.4, 0.5) is 24.5 Å². The second-order valence-corrected chi connectivity index (χ2v) is 5.67. The average molecular weight is 364 g/mol. The second kappa shape index (κ2) is 8.51. The molecule has 0 aliphatic heterocycles. The third-order valence-corrected chi connectivity index (χ3v) is 3.92. The Morgan fingerprint density at radius 3 is 2.38 bits per heavy atom. The number of amides is 2. The predicted molar refractivity (Wildman–Crippen MR) is 93.4 cm³/mol. The summed E-state index contributed by atoms with van der Waals surface area (Å²) < 4.78 is 40.4. The minimum atomic E-state index is -1.66. The summed E-state index contributed by atoms with van der Waals surface area (Å²) in [6.45, 7) is 2.94. The van der Waals surface area contributed by atoms with Gasteiger partial charge in [0.05, 0.1) is 5.69 Å². The molecule has 1 N–H and O–H groups in total. The van der Waals surface area contributed by atoms with Crippen LogP contribution in [-0.4, -0.2) is 18.4 Å². The molecule has 2 amide bonds. The second-order valence-electron chi connectivity index (χ2n) is 5.67. The Labute approximate surface area is 149 Å². The van der Waals surface area contributed by atoms with Gasteiger partial charge in [0.25, 0.3) is 0 Å². The Kier molecular flexibility index (Phi) is 6.38. The maximum atomic E-state index is 13.9. The number of rotatable bonds is 6. The lowest BCUT2D eigenvalue weighted by atomic mass is 10.1. The van der Waals surface area contributed by atoms with E-state index < -0.39 is 29.0 Å². The van der Waals surface area contributed by atoms with Crippen molar-refractivity contribution in [3.63, 3.8) is 0 Å². The minimum absolute atomic E-state index is 0.129. The van der Waals surface area contributed by atoms with Gasteiger partial charge >= 0.3 is 0 Å². The van der Waals surface area contributed by atoms with E-state index in [1.807, 2.05) is 19.1 Å².